The van der Waals surface area contributed by atoms with Gasteiger partial charge in [0.05, 0.1) is 6.20 Å². The normalized spacial score (nSPS) is 12.6. The van der Waals surface area contributed by atoms with E-state index in [2.05, 4.69) is 20.6 Å². The Bertz CT molecular complexity index is 763. The second kappa shape index (κ2) is 7.74. The predicted octanol–water partition coefficient (Wildman–Crippen LogP) is 1.62. The van der Waals surface area contributed by atoms with E-state index in [-0.39, 0.29) is 11.8 Å². The van der Waals surface area contributed by atoms with E-state index in [9.17, 15) is 9.59 Å². The third-order valence-electron chi connectivity index (χ3n) is 4.12. The Morgan fingerprint density at radius 1 is 1.24 bits per heavy atom. The SMILES string of the molecule is CCC(=O)N1CCc2cc(C(=O)NCCNc3cnccn3)ccc21. The highest BCUT2D eigenvalue weighted by Gasteiger charge is 2.24. The molecule has 0 saturated heterocycles. The minimum absolute atomic E-state index is 0.117. The molecule has 0 atom stereocenters. The Morgan fingerprint density at radius 3 is 2.88 bits per heavy atom. The first kappa shape index (κ1) is 16.9. The van der Waals surface area contributed by atoms with Crippen molar-refractivity contribution in [1.29, 1.82) is 0 Å². The first-order chi connectivity index (χ1) is 12.2. The van der Waals surface area contributed by atoms with Crippen LogP contribution in [0.15, 0.2) is 36.8 Å². The smallest absolute Gasteiger partial charge is 0.251 e. The standard InChI is InChI=1S/C18H21N5O2/c1-2-17(24)23-10-5-13-11-14(3-4-15(13)23)18(25)22-9-8-21-16-12-19-6-7-20-16/h3-4,6-7,11-12H,2,5,8-10H2,1H3,(H,20,21)(H,22,25). The molecule has 1 aliphatic heterocycles. The van der Waals surface area contributed by atoms with E-state index in [4.69, 9.17) is 0 Å². The summed E-state index contributed by atoms with van der Waals surface area (Å²) < 4.78 is 0. The van der Waals surface area contributed by atoms with Crippen LogP contribution < -0.4 is 15.5 Å². The molecule has 0 unspecified atom stereocenters. The molecule has 7 heteroatoms. The molecule has 2 aromatic rings. The molecule has 0 bridgehead atoms. The van der Waals surface area contributed by atoms with Gasteiger partial charge in [0.15, 0.2) is 0 Å². The van der Waals surface area contributed by atoms with Crippen LogP contribution in [-0.2, 0) is 11.2 Å². The van der Waals surface area contributed by atoms with Crippen LogP contribution in [0.4, 0.5) is 11.5 Å². The van der Waals surface area contributed by atoms with Crippen LogP contribution >= 0.6 is 0 Å². The van der Waals surface area contributed by atoms with Crippen LogP contribution in [0.3, 0.4) is 0 Å². The molecule has 7 nitrogen and oxygen atoms in total. The lowest BCUT2D eigenvalue weighted by Gasteiger charge is -2.16. The van der Waals surface area contributed by atoms with Gasteiger partial charge in [-0.05, 0) is 30.2 Å². The maximum atomic E-state index is 12.3. The van der Waals surface area contributed by atoms with E-state index < -0.39 is 0 Å². The van der Waals surface area contributed by atoms with Crippen molar-refractivity contribution < 1.29 is 9.59 Å². The average molecular weight is 339 g/mol. The van der Waals surface area contributed by atoms with Gasteiger partial charge in [0.2, 0.25) is 5.91 Å². The Labute approximate surface area is 146 Å². The topological polar surface area (TPSA) is 87.2 Å². The Hall–Kier alpha value is -2.96. The van der Waals surface area contributed by atoms with Crippen LogP contribution in [0.5, 0.6) is 0 Å². The molecule has 0 saturated carbocycles. The summed E-state index contributed by atoms with van der Waals surface area (Å²) in [4.78, 5) is 34.1. The van der Waals surface area contributed by atoms with Crippen LogP contribution in [0.25, 0.3) is 0 Å². The number of benzene rings is 1. The van der Waals surface area contributed by atoms with Crippen molar-refractivity contribution in [2.75, 3.05) is 29.9 Å². The molecule has 0 radical (unpaired) electrons. The predicted molar refractivity (Wildman–Crippen MR) is 95.6 cm³/mol. The van der Waals surface area contributed by atoms with Crippen molar-refractivity contribution in [2.24, 2.45) is 0 Å². The van der Waals surface area contributed by atoms with E-state index in [1.165, 1.54) is 0 Å². The number of amides is 2. The zero-order chi connectivity index (χ0) is 17.6. The number of carbonyl (C=O) groups is 2. The van der Waals surface area contributed by atoms with Gasteiger partial charge in [-0.25, -0.2) is 4.98 Å². The number of nitrogens with one attached hydrogen (secondary N) is 2. The molecular formula is C18H21N5O2. The highest BCUT2D eigenvalue weighted by molar-refractivity contribution is 5.98. The molecule has 2 N–H and O–H groups in total. The van der Waals surface area contributed by atoms with E-state index in [1.807, 2.05) is 19.1 Å². The zero-order valence-electron chi connectivity index (χ0n) is 14.2. The molecule has 0 spiro atoms. The lowest BCUT2D eigenvalue weighted by molar-refractivity contribution is -0.118. The van der Waals surface area contributed by atoms with Crippen molar-refractivity contribution in [3.8, 4) is 0 Å². The van der Waals surface area contributed by atoms with E-state index >= 15 is 0 Å². The van der Waals surface area contributed by atoms with Crippen LogP contribution in [0, 0.1) is 0 Å². The monoisotopic (exact) mass is 339 g/mol. The van der Waals surface area contributed by atoms with Gasteiger partial charge < -0.3 is 15.5 Å². The highest BCUT2D eigenvalue weighted by Crippen LogP contribution is 2.29. The highest BCUT2D eigenvalue weighted by atomic mass is 16.2. The molecule has 1 aliphatic rings. The summed E-state index contributed by atoms with van der Waals surface area (Å²) in [6, 6.07) is 5.51. The largest absolute Gasteiger partial charge is 0.367 e. The second-order valence-corrected chi connectivity index (χ2v) is 5.77. The number of hydrogen-bond acceptors (Lipinski definition) is 5. The van der Waals surface area contributed by atoms with Gasteiger partial charge in [0, 0.05) is 49.7 Å². The number of carbonyl (C=O) groups excluding carboxylic acids is 2. The first-order valence-corrected chi connectivity index (χ1v) is 8.40. The van der Waals surface area contributed by atoms with Crippen molar-refractivity contribution in [3.63, 3.8) is 0 Å². The third-order valence-corrected chi connectivity index (χ3v) is 4.12. The molecule has 130 valence electrons. The number of nitrogens with zero attached hydrogens (tertiary/aromatic N) is 3. The summed E-state index contributed by atoms with van der Waals surface area (Å²) in [5.41, 5.74) is 2.59. The minimum Gasteiger partial charge on any atom is -0.367 e. The van der Waals surface area contributed by atoms with E-state index in [1.54, 1.807) is 29.6 Å². The Morgan fingerprint density at radius 2 is 2.12 bits per heavy atom. The maximum Gasteiger partial charge on any atom is 0.251 e. The fraction of sp³-hybridized carbons (Fsp3) is 0.333. The van der Waals surface area contributed by atoms with Gasteiger partial charge in [-0.2, -0.15) is 0 Å². The van der Waals surface area contributed by atoms with Crippen molar-refractivity contribution in [1.82, 2.24) is 15.3 Å². The van der Waals surface area contributed by atoms with Crippen LogP contribution in [0.2, 0.25) is 0 Å². The van der Waals surface area contributed by atoms with E-state index in [0.29, 0.717) is 37.4 Å². The number of rotatable bonds is 6. The summed E-state index contributed by atoms with van der Waals surface area (Å²) in [7, 11) is 0. The molecule has 1 aromatic heterocycles. The number of anilines is 2. The molecule has 1 aromatic carbocycles. The molecule has 0 aliphatic carbocycles. The average Bonchev–Trinajstić information content (AvgIpc) is 3.08. The third kappa shape index (κ3) is 3.93. The van der Waals surface area contributed by atoms with Gasteiger partial charge >= 0.3 is 0 Å². The van der Waals surface area contributed by atoms with Crippen LogP contribution in [-0.4, -0.2) is 41.4 Å². The molecule has 0 fully saturated rings. The molecule has 2 heterocycles. The van der Waals surface area contributed by atoms with Gasteiger partial charge in [-0.15, -0.1) is 0 Å². The van der Waals surface area contributed by atoms with Gasteiger partial charge in [0.25, 0.3) is 5.91 Å². The van der Waals surface area contributed by atoms with Crippen LogP contribution in [0.1, 0.15) is 29.3 Å². The summed E-state index contributed by atoms with van der Waals surface area (Å²) >= 11 is 0. The molecular weight excluding hydrogens is 318 g/mol. The Balaban J connectivity index is 1.54. The van der Waals surface area contributed by atoms with Crippen molar-refractivity contribution in [3.05, 3.63) is 47.9 Å². The second-order valence-electron chi connectivity index (χ2n) is 5.77. The molecule has 25 heavy (non-hydrogen) atoms. The summed E-state index contributed by atoms with van der Waals surface area (Å²) in [5, 5.41) is 5.96. The fourth-order valence-corrected chi connectivity index (χ4v) is 2.85. The number of hydrogen-bond donors (Lipinski definition) is 2. The summed E-state index contributed by atoms with van der Waals surface area (Å²) in [5.74, 6) is 0.671. The minimum atomic E-state index is -0.121. The van der Waals surface area contributed by atoms with Crippen molar-refractivity contribution in [2.45, 2.75) is 19.8 Å². The maximum absolute atomic E-state index is 12.3. The van der Waals surface area contributed by atoms with Gasteiger partial charge in [-0.3, -0.25) is 14.6 Å². The Kier molecular flexibility index (Phi) is 5.23. The first-order valence-electron chi connectivity index (χ1n) is 8.40. The number of fused-ring (bicyclic) bond motifs is 1. The summed E-state index contributed by atoms with van der Waals surface area (Å²) in [6.45, 7) is 3.59. The summed E-state index contributed by atoms with van der Waals surface area (Å²) in [6.07, 6.45) is 6.12. The van der Waals surface area contributed by atoms with Crippen molar-refractivity contribution >= 4 is 23.3 Å². The fourth-order valence-electron chi connectivity index (χ4n) is 2.85. The molecule has 3 rings (SSSR count). The van der Waals surface area contributed by atoms with Gasteiger partial charge in [-0.1, -0.05) is 6.92 Å². The van der Waals surface area contributed by atoms with E-state index in [0.717, 1.165) is 17.7 Å². The lowest BCUT2D eigenvalue weighted by atomic mass is 10.1. The zero-order valence-corrected chi connectivity index (χ0v) is 14.2. The quantitative estimate of drug-likeness (QED) is 0.781. The lowest BCUT2D eigenvalue weighted by Crippen LogP contribution is -2.29. The molecule has 2 amide bonds. The van der Waals surface area contributed by atoms with Gasteiger partial charge in [0.1, 0.15) is 5.82 Å². The number of aromatic nitrogens is 2.